The van der Waals surface area contributed by atoms with E-state index in [0.717, 1.165) is 33.4 Å². The molecular formula is C19H20N2O. The van der Waals surface area contributed by atoms with Gasteiger partial charge in [0.15, 0.2) is 0 Å². The summed E-state index contributed by atoms with van der Waals surface area (Å²) >= 11 is 0. The van der Waals surface area contributed by atoms with E-state index in [1.165, 1.54) is 5.56 Å². The fourth-order valence-corrected chi connectivity index (χ4v) is 2.67. The van der Waals surface area contributed by atoms with E-state index in [0.29, 0.717) is 5.56 Å². The first-order chi connectivity index (χ1) is 10.5. The number of anilines is 1. The second-order valence-corrected chi connectivity index (χ2v) is 5.91. The van der Waals surface area contributed by atoms with Crippen LogP contribution in [0.3, 0.4) is 0 Å². The third kappa shape index (κ3) is 2.50. The smallest absolute Gasteiger partial charge is 0.255 e. The molecule has 3 rings (SSSR count). The number of aryl methyl sites for hydroxylation is 4. The lowest BCUT2D eigenvalue weighted by molar-refractivity contribution is 0.102. The predicted octanol–water partition coefficient (Wildman–Crippen LogP) is 4.65. The number of amides is 1. The Morgan fingerprint density at radius 1 is 1.00 bits per heavy atom. The van der Waals surface area contributed by atoms with Crippen LogP contribution in [0.15, 0.2) is 36.4 Å². The molecule has 2 aromatic carbocycles. The summed E-state index contributed by atoms with van der Waals surface area (Å²) in [5.41, 5.74) is 7.14. The van der Waals surface area contributed by atoms with E-state index in [9.17, 15) is 4.79 Å². The predicted molar refractivity (Wildman–Crippen MR) is 91.6 cm³/mol. The van der Waals surface area contributed by atoms with E-state index in [-0.39, 0.29) is 5.91 Å². The van der Waals surface area contributed by atoms with Crippen LogP contribution in [0.1, 0.15) is 32.7 Å². The lowest BCUT2D eigenvalue weighted by atomic mass is 10.1. The summed E-state index contributed by atoms with van der Waals surface area (Å²) in [5.74, 6) is -0.0751. The van der Waals surface area contributed by atoms with Crippen molar-refractivity contribution in [2.24, 2.45) is 0 Å². The molecule has 3 heteroatoms. The van der Waals surface area contributed by atoms with Crippen LogP contribution in [-0.4, -0.2) is 10.9 Å². The van der Waals surface area contributed by atoms with Crippen molar-refractivity contribution >= 4 is 22.5 Å². The van der Waals surface area contributed by atoms with Crippen LogP contribution in [0.25, 0.3) is 10.9 Å². The van der Waals surface area contributed by atoms with E-state index in [4.69, 9.17) is 0 Å². The van der Waals surface area contributed by atoms with Crippen molar-refractivity contribution in [3.8, 4) is 0 Å². The lowest BCUT2D eigenvalue weighted by Gasteiger charge is -2.09. The van der Waals surface area contributed by atoms with E-state index in [2.05, 4.69) is 17.2 Å². The molecule has 1 amide bonds. The number of carbonyl (C=O) groups excluding carboxylic acids is 1. The molecule has 0 unspecified atom stereocenters. The van der Waals surface area contributed by atoms with E-state index >= 15 is 0 Å². The molecule has 0 aliphatic rings. The summed E-state index contributed by atoms with van der Waals surface area (Å²) in [7, 11) is 0. The van der Waals surface area contributed by atoms with E-state index in [1.54, 1.807) is 0 Å². The second-order valence-electron chi connectivity index (χ2n) is 5.91. The van der Waals surface area contributed by atoms with Crippen LogP contribution in [-0.2, 0) is 0 Å². The van der Waals surface area contributed by atoms with E-state index < -0.39 is 0 Å². The van der Waals surface area contributed by atoms with Gasteiger partial charge < -0.3 is 10.3 Å². The Hall–Kier alpha value is -2.55. The Morgan fingerprint density at radius 3 is 2.55 bits per heavy atom. The van der Waals surface area contributed by atoms with Crippen LogP contribution in [0.4, 0.5) is 5.69 Å². The Bertz CT molecular complexity index is 875. The third-order valence-corrected chi connectivity index (χ3v) is 4.21. The summed E-state index contributed by atoms with van der Waals surface area (Å²) in [6, 6.07) is 11.8. The van der Waals surface area contributed by atoms with Gasteiger partial charge in [-0.15, -0.1) is 0 Å². The number of aromatic amines is 1. The molecule has 0 fully saturated rings. The zero-order chi connectivity index (χ0) is 15.9. The normalized spacial score (nSPS) is 10.9. The zero-order valence-corrected chi connectivity index (χ0v) is 13.4. The molecule has 0 bridgehead atoms. The molecule has 0 aliphatic heterocycles. The number of hydrogen-bond acceptors (Lipinski definition) is 1. The van der Waals surface area contributed by atoms with Crippen molar-refractivity contribution in [1.82, 2.24) is 4.98 Å². The summed E-state index contributed by atoms with van der Waals surface area (Å²) in [5, 5.41) is 4.11. The Kier molecular flexibility index (Phi) is 3.49. The number of carbonyl (C=O) groups is 1. The quantitative estimate of drug-likeness (QED) is 0.709. The van der Waals surface area contributed by atoms with Gasteiger partial charge in [0.2, 0.25) is 0 Å². The second kappa shape index (κ2) is 5.34. The Balaban J connectivity index is 1.95. The van der Waals surface area contributed by atoms with Crippen molar-refractivity contribution in [2.75, 3.05) is 5.32 Å². The molecule has 0 spiro atoms. The van der Waals surface area contributed by atoms with Gasteiger partial charge in [0.05, 0.1) is 0 Å². The van der Waals surface area contributed by atoms with Crippen LogP contribution in [0, 0.1) is 27.7 Å². The molecule has 3 aromatic rings. The first-order valence-electron chi connectivity index (χ1n) is 7.43. The SMILES string of the molecule is Cc1ccc(C)c(NC(=O)c2ccc3[nH]c(C)c(C)c3c2)c1. The summed E-state index contributed by atoms with van der Waals surface area (Å²) in [6.07, 6.45) is 0. The highest BCUT2D eigenvalue weighted by molar-refractivity contribution is 6.07. The Labute approximate surface area is 130 Å². The maximum absolute atomic E-state index is 12.5. The minimum Gasteiger partial charge on any atom is -0.358 e. The molecule has 112 valence electrons. The standard InChI is InChI=1S/C19H20N2O/c1-11-5-6-12(2)18(9-11)21-19(22)15-7-8-17-16(10-15)13(3)14(4)20-17/h5-10,20H,1-4H3,(H,21,22). The number of benzene rings is 2. The minimum atomic E-state index is -0.0751. The van der Waals surface area contributed by atoms with Gasteiger partial charge in [-0.2, -0.15) is 0 Å². The van der Waals surface area contributed by atoms with Crippen molar-refractivity contribution < 1.29 is 4.79 Å². The maximum atomic E-state index is 12.5. The fraction of sp³-hybridized carbons (Fsp3) is 0.211. The van der Waals surface area contributed by atoms with E-state index in [1.807, 2.05) is 57.2 Å². The number of hydrogen-bond donors (Lipinski definition) is 2. The molecule has 22 heavy (non-hydrogen) atoms. The van der Waals surface area contributed by atoms with Gasteiger partial charge in [-0.1, -0.05) is 12.1 Å². The first-order valence-corrected chi connectivity index (χ1v) is 7.43. The van der Waals surface area contributed by atoms with Crippen LogP contribution < -0.4 is 5.32 Å². The largest absolute Gasteiger partial charge is 0.358 e. The van der Waals surface area contributed by atoms with Crippen LogP contribution >= 0.6 is 0 Å². The molecule has 1 aromatic heterocycles. The molecule has 0 atom stereocenters. The summed E-state index contributed by atoms with van der Waals surface area (Å²) in [6.45, 7) is 8.14. The number of rotatable bonds is 2. The highest BCUT2D eigenvalue weighted by Crippen LogP contribution is 2.23. The molecular weight excluding hydrogens is 272 g/mol. The van der Waals surface area contributed by atoms with Gasteiger partial charge in [0.25, 0.3) is 5.91 Å². The molecule has 0 radical (unpaired) electrons. The first kappa shape index (κ1) is 14.4. The number of aromatic nitrogens is 1. The van der Waals surface area contributed by atoms with Crippen molar-refractivity contribution in [3.05, 3.63) is 64.3 Å². The number of nitrogens with one attached hydrogen (secondary N) is 2. The van der Waals surface area contributed by atoms with Gasteiger partial charge in [0.1, 0.15) is 0 Å². The monoisotopic (exact) mass is 292 g/mol. The molecule has 3 nitrogen and oxygen atoms in total. The Morgan fingerprint density at radius 2 is 1.77 bits per heavy atom. The molecule has 0 saturated heterocycles. The molecule has 0 aliphatic carbocycles. The maximum Gasteiger partial charge on any atom is 0.255 e. The highest BCUT2D eigenvalue weighted by Gasteiger charge is 2.11. The van der Waals surface area contributed by atoms with Crippen LogP contribution in [0.2, 0.25) is 0 Å². The van der Waals surface area contributed by atoms with Gasteiger partial charge in [-0.3, -0.25) is 4.79 Å². The average Bonchev–Trinajstić information content (AvgIpc) is 2.77. The fourth-order valence-electron chi connectivity index (χ4n) is 2.67. The molecule has 2 N–H and O–H groups in total. The van der Waals surface area contributed by atoms with Crippen molar-refractivity contribution in [3.63, 3.8) is 0 Å². The summed E-state index contributed by atoms with van der Waals surface area (Å²) < 4.78 is 0. The topological polar surface area (TPSA) is 44.9 Å². The average molecular weight is 292 g/mol. The zero-order valence-electron chi connectivity index (χ0n) is 13.4. The number of H-pyrrole nitrogens is 1. The number of fused-ring (bicyclic) bond motifs is 1. The third-order valence-electron chi connectivity index (χ3n) is 4.21. The van der Waals surface area contributed by atoms with Crippen molar-refractivity contribution in [1.29, 1.82) is 0 Å². The molecule has 1 heterocycles. The molecule has 0 saturated carbocycles. The summed E-state index contributed by atoms with van der Waals surface area (Å²) in [4.78, 5) is 15.8. The van der Waals surface area contributed by atoms with Gasteiger partial charge >= 0.3 is 0 Å². The van der Waals surface area contributed by atoms with Crippen LogP contribution in [0.5, 0.6) is 0 Å². The lowest BCUT2D eigenvalue weighted by Crippen LogP contribution is -2.12. The van der Waals surface area contributed by atoms with Crippen molar-refractivity contribution in [2.45, 2.75) is 27.7 Å². The minimum absolute atomic E-state index is 0.0751. The van der Waals surface area contributed by atoms with Gasteiger partial charge in [0, 0.05) is 27.8 Å². The highest BCUT2D eigenvalue weighted by atomic mass is 16.1. The van der Waals surface area contributed by atoms with Gasteiger partial charge in [-0.25, -0.2) is 0 Å². The van der Waals surface area contributed by atoms with Gasteiger partial charge in [-0.05, 0) is 68.7 Å².